The predicted molar refractivity (Wildman–Crippen MR) is 200 cm³/mol. The van der Waals surface area contributed by atoms with Crippen LogP contribution in [0.5, 0.6) is 0 Å². The van der Waals surface area contributed by atoms with Gasteiger partial charge in [-0.05, 0) is 113 Å². The second-order valence-electron chi connectivity index (χ2n) is 14.2. The zero-order chi connectivity index (χ0) is 34.2. The molecule has 2 aliphatic heterocycles. The van der Waals surface area contributed by atoms with E-state index in [0.717, 1.165) is 24.0 Å². The SMILES string of the molecule is CN(C(=O)Cc1ccc(Cl)c(Cl)c1)C1CCCCC1N1CCCC1.CN(C(=O)Cc1ccc(Cl)c(Cl)c1)C1CCCCC1N1CCCC1. The number of carbonyl (C=O) groups is 2. The van der Waals surface area contributed by atoms with Gasteiger partial charge in [-0.2, -0.15) is 0 Å². The van der Waals surface area contributed by atoms with E-state index in [1.807, 2.05) is 36.0 Å². The van der Waals surface area contributed by atoms with Crippen molar-refractivity contribution in [2.75, 3.05) is 40.3 Å². The molecule has 48 heavy (non-hydrogen) atoms. The maximum atomic E-state index is 12.8. The molecule has 2 amide bonds. The van der Waals surface area contributed by atoms with E-state index in [9.17, 15) is 9.59 Å². The minimum Gasteiger partial charge on any atom is -0.341 e. The lowest BCUT2D eigenvalue weighted by molar-refractivity contribution is -0.134. The highest BCUT2D eigenvalue weighted by molar-refractivity contribution is 6.42. The lowest BCUT2D eigenvalue weighted by Gasteiger charge is -2.42. The summed E-state index contributed by atoms with van der Waals surface area (Å²) in [6.45, 7) is 4.76. The number of halogens is 4. The molecule has 4 atom stereocenters. The van der Waals surface area contributed by atoms with E-state index in [2.05, 4.69) is 9.80 Å². The Bertz CT molecular complexity index is 1280. The zero-order valence-electron chi connectivity index (χ0n) is 28.6. The van der Waals surface area contributed by atoms with Crippen LogP contribution in [0.1, 0.15) is 88.2 Å². The Hall–Kier alpha value is -1.54. The molecule has 2 aromatic rings. The first-order valence-electron chi connectivity index (χ1n) is 18.0. The summed E-state index contributed by atoms with van der Waals surface area (Å²) in [6.07, 6.45) is 15.6. The van der Waals surface area contributed by atoms with Crippen molar-refractivity contribution in [1.82, 2.24) is 19.6 Å². The maximum Gasteiger partial charge on any atom is 0.227 e. The molecule has 2 saturated carbocycles. The molecule has 0 bridgehead atoms. The number of rotatable bonds is 8. The van der Waals surface area contributed by atoms with Crippen LogP contribution in [0, 0.1) is 0 Å². The van der Waals surface area contributed by atoms with Gasteiger partial charge in [-0.1, -0.05) is 84.2 Å². The second kappa shape index (κ2) is 18.1. The Morgan fingerprint density at radius 1 is 0.562 bits per heavy atom. The van der Waals surface area contributed by atoms with Crippen molar-refractivity contribution >= 4 is 58.2 Å². The smallest absolute Gasteiger partial charge is 0.227 e. The number of likely N-dealkylation sites (N-methyl/N-ethyl adjacent to an activating group) is 2. The molecule has 264 valence electrons. The lowest BCUT2D eigenvalue weighted by Crippen LogP contribution is -2.53. The molecular formula is C38H52Cl4N4O2. The van der Waals surface area contributed by atoms with Gasteiger partial charge in [0.2, 0.25) is 11.8 Å². The van der Waals surface area contributed by atoms with Crippen molar-refractivity contribution < 1.29 is 9.59 Å². The first-order valence-corrected chi connectivity index (χ1v) is 19.5. The number of benzene rings is 2. The van der Waals surface area contributed by atoms with Crippen LogP contribution in [0.25, 0.3) is 0 Å². The van der Waals surface area contributed by atoms with Crippen molar-refractivity contribution in [3.63, 3.8) is 0 Å². The standard InChI is InChI=1S/2C19H26Cl2N2O/c2*1-22(19(24)13-14-8-9-15(20)16(21)12-14)17-6-2-3-7-18(17)23-10-4-5-11-23/h2*8-9,12,17-18H,2-7,10-11,13H2,1H3. The summed E-state index contributed by atoms with van der Waals surface area (Å²) in [5.74, 6) is 0.342. The Balaban J connectivity index is 0.000000188. The third-order valence-corrected chi connectivity index (χ3v) is 12.5. The van der Waals surface area contributed by atoms with Crippen LogP contribution in [0.2, 0.25) is 20.1 Å². The summed E-state index contributed by atoms with van der Waals surface area (Å²) in [6, 6.07) is 12.6. The van der Waals surface area contributed by atoms with Crippen LogP contribution in [0.3, 0.4) is 0 Å². The first-order chi connectivity index (χ1) is 23.1. The summed E-state index contributed by atoms with van der Waals surface area (Å²) in [7, 11) is 3.94. The van der Waals surface area contributed by atoms with Gasteiger partial charge in [0.25, 0.3) is 0 Å². The molecule has 4 aliphatic rings. The average molecular weight is 739 g/mol. The van der Waals surface area contributed by atoms with E-state index < -0.39 is 0 Å². The Morgan fingerprint density at radius 3 is 1.27 bits per heavy atom. The maximum absolute atomic E-state index is 12.8. The number of likely N-dealkylation sites (tertiary alicyclic amines) is 2. The minimum absolute atomic E-state index is 0.171. The van der Waals surface area contributed by atoms with Crippen LogP contribution in [-0.4, -0.2) is 95.9 Å². The van der Waals surface area contributed by atoms with E-state index in [-0.39, 0.29) is 11.8 Å². The van der Waals surface area contributed by atoms with Crippen LogP contribution in [0.15, 0.2) is 36.4 Å². The molecule has 0 N–H and O–H groups in total. The molecule has 6 nitrogen and oxygen atoms in total. The molecule has 6 rings (SSSR count). The summed E-state index contributed by atoms with van der Waals surface area (Å²) < 4.78 is 0. The van der Waals surface area contributed by atoms with Crippen molar-refractivity contribution in [2.24, 2.45) is 0 Å². The molecule has 0 spiro atoms. The monoisotopic (exact) mass is 736 g/mol. The van der Waals surface area contributed by atoms with Gasteiger partial charge in [-0.3, -0.25) is 19.4 Å². The molecule has 2 aromatic carbocycles. The van der Waals surface area contributed by atoms with Crippen molar-refractivity contribution in [1.29, 1.82) is 0 Å². The number of carbonyl (C=O) groups excluding carboxylic acids is 2. The highest BCUT2D eigenvalue weighted by Gasteiger charge is 2.36. The van der Waals surface area contributed by atoms with Crippen molar-refractivity contribution in [3.8, 4) is 0 Å². The van der Waals surface area contributed by atoms with Crippen molar-refractivity contribution in [2.45, 2.75) is 114 Å². The van der Waals surface area contributed by atoms with Crippen LogP contribution in [-0.2, 0) is 22.4 Å². The van der Waals surface area contributed by atoms with Crippen LogP contribution < -0.4 is 0 Å². The number of hydrogen-bond donors (Lipinski definition) is 0. The first kappa shape index (κ1) is 37.7. The van der Waals surface area contributed by atoms with E-state index in [1.54, 1.807) is 24.3 Å². The minimum atomic E-state index is 0.171. The highest BCUT2D eigenvalue weighted by Crippen LogP contribution is 2.31. The van der Waals surface area contributed by atoms with Gasteiger partial charge >= 0.3 is 0 Å². The summed E-state index contributed by atoms with van der Waals surface area (Å²) in [4.78, 5) is 34.8. The van der Waals surface area contributed by atoms with Gasteiger partial charge in [-0.15, -0.1) is 0 Å². The van der Waals surface area contributed by atoms with Crippen LogP contribution in [0.4, 0.5) is 0 Å². The van der Waals surface area contributed by atoms with Gasteiger partial charge in [0.05, 0.1) is 32.9 Å². The fraction of sp³-hybridized carbons (Fsp3) is 0.632. The van der Waals surface area contributed by atoms with Gasteiger partial charge < -0.3 is 9.80 Å². The second-order valence-corrected chi connectivity index (χ2v) is 15.8. The van der Waals surface area contributed by atoms with Gasteiger partial charge in [0, 0.05) is 38.3 Å². The third kappa shape index (κ3) is 9.82. The highest BCUT2D eigenvalue weighted by atomic mass is 35.5. The Labute approximate surface area is 308 Å². The van der Waals surface area contributed by atoms with Gasteiger partial charge in [-0.25, -0.2) is 0 Å². The summed E-state index contributed by atoms with van der Waals surface area (Å²) in [5.41, 5.74) is 1.85. The molecule has 2 aliphatic carbocycles. The molecule has 10 heteroatoms. The molecule has 0 radical (unpaired) electrons. The fourth-order valence-corrected chi connectivity index (χ4v) is 8.99. The molecule has 2 heterocycles. The normalized spacial score (nSPS) is 25.0. The summed E-state index contributed by atoms with van der Waals surface area (Å²) in [5, 5.41) is 2.08. The van der Waals surface area contributed by atoms with Crippen LogP contribution >= 0.6 is 46.4 Å². The molecule has 4 fully saturated rings. The van der Waals surface area contributed by atoms with E-state index in [1.165, 1.54) is 90.4 Å². The number of hydrogen-bond acceptors (Lipinski definition) is 4. The predicted octanol–water partition coefficient (Wildman–Crippen LogP) is 8.80. The van der Waals surface area contributed by atoms with E-state index in [0.29, 0.717) is 57.1 Å². The number of amides is 2. The molecule has 0 aromatic heterocycles. The fourth-order valence-electron chi connectivity index (χ4n) is 8.35. The van der Waals surface area contributed by atoms with Crippen molar-refractivity contribution in [3.05, 3.63) is 67.6 Å². The quantitative estimate of drug-likeness (QED) is 0.272. The average Bonchev–Trinajstić information content (AvgIpc) is 3.84. The zero-order valence-corrected chi connectivity index (χ0v) is 31.6. The topological polar surface area (TPSA) is 47.1 Å². The Kier molecular flexibility index (Phi) is 14.2. The van der Waals surface area contributed by atoms with Gasteiger partial charge in [0.15, 0.2) is 0 Å². The lowest BCUT2D eigenvalue weighted by atomic mass is 9.88. The largest absolute Gasteiger partial charge is 0.341 e. The molecule has 2 saturated heterocycles. The van der Waals surface area contributed by atoms with E-state index in [4.69, 9.17) is 46.4 Å². The molecule has 4 unspecified atom stereocenters. The Morgan fingerprint density at radius 2 is 0.917 bits per heavy atom. The molecular weight excluding hydrogens is 686 g/mol. The third-order valence-electron chi connectivity index (χ3n) is 11.1. The number of nitrogens with zero attached hydrogens (tertiary/aromatic N) is 4. The summed E-state index contributed by atoms with van der Waals surface area (Å²) >= 11 is 24.1. The van der Waals surface area contributed by atoms with E-state index >= 15 is 0 Å². The van der Waals surface area contributed by atoms with Gasteiger partial charge in [0.1, 0.15) is 0 Å².